The van der Waals surface area contributed by atoms with Crippen LogP contribution in [0.4, 0.5) is 0 Å². The Morgan fingerprint density at radius 3 is 2.37 bits per heavy atom. The minimum absolute atomic E-state index is 0.133. The summed E-state index contributed by atoms with van der Waals surface area (Å²) in [6, 6.07) is 17.0. The second kappa shape index (κ2) is 6.50. The van der Waals surface area contributed by atoms with E-state index in [2.05, 4.69) is 55.5 Å². The molecule has 2 N–H and O–H groups in total. The van der Waals surface area contributed by atoms with Crippen LogP contribution in [0, 0.1) is 0 Å². The van der Waals surface area contributed by atoms with E-state index in [4.69, 9.17) is 10.5 Å². The number of hydrogen-bond donors (Lipinski definition) is 1. The van der Waals surface area contributed by atoms with E-state index in [-0.39, 0.29) is 6.10 Å². The zero-order valence-electron chi connectivity index (χ0n) is 11.6. The fraction of sp³-hybridized carbons (Fsp3) is 0.294. The smallest absolute Gasteiger partial charge is 0.0793 e. The molecular weight excluding hydrogens is 234 g/mol. The molecule has 2 aromatic rings. The molecule has 0 aliphatic heterocycles. The Labute approximate surface area is 115 Å². The monoisotopic (exact) mass is 255 g/mol. The van der Waals surface area contributed by atoms with Gasteiger partial charge >= 0.3 is 0 Å². The molecule has 1 atom stereocenters. The first-order valence-electron chi connectivity index (χ1n) is 6.67. The third kappa shape index (κ3) is 3.22. The Balaban J connectivity index is 2.32. The summed E-state index contributed by atoms with van der Waals surface area (Å²) >= 11 is 0. The zero-order chi connectivity index (χ0) is 13.7. The largest absolute Gasteiger partial charge is 0.377 e. The maximum Gasteiger partial charge on any atom is 0.0793 e. The molecule has 0 unspecified atom stereocenters. The average molecular weight is 255 g/mol. The van der Waals surface area contributed by atoms with Crippen LogP contribution in [0.2, 0.25) is 0 Å². The highest BCUT2D eigenvalue weighted by Gasteiger charge is 2.06. The van der Waals surface area contributed by atoms with Crippen molar-refractivity contribution in [1.82, 2.24) is 0 Å². The molecule has 0 aromatic heterocycles. The topological polar surface area (TPSA) is 35.2 Å². The van der Waals surface area contributed by atoms with Gasteiger partial charge in [-0.25, -0.2) is 0 Å². The lowest BCUT2D eigenvalue weighted by atomic mass is 9.96. The van der Waals surface area contributed by atoms with Crippen LogP contribution in [-0.4, -0.2) is 13.7 Å². The lowest BCUT2D eigenvalue weighted by Gasteiger charge is -2.12. The van der Waals surface area contributed by atoms with Gasteiger partial charge in [0, 0.05) is 7.11 Å². The number of nitrogens with two attached hydrogens (primary N) is 1. The first-order valence-corrected chi connectivity index (χ1v) is 6.67. The van der Waals surface area contributed by atoms with Crippen molar-refractivity contribution in [3.8, 4) is 11.1 Å². The Morgan fingerprint density at radius 1 is 1.05 bits per heavy atom. The predicted molar refractivity (Wildman–Crippen MR) is 80.1 cm³/mol. The lowest BCUT2D eigenvalue weighted by molar-refractivity contribution is 0.119. The molecule has 100 valence electrons. The maximum absolute atomic E-state index is 5.67. The summed E-state index contributed by atoms with van der Waals surface area (Å²) < 4.78 is 5.33. The summed E-state index contributed by atoms with van der Waals surface area (Å²) in [5.41, 5.74) is 10.7. The average Bonchev–Trinajstić information content (AvgIpc) is 2.47. The van der Waals surface area contributed by atoms with Gasteiger partial charge in [0.15, 0.2) is 0 Å². The number of methoxy groups -OCH3 is 1. The number of ether oxygens (including phenoxy) is 1. The van der Waals surface area contributed by atoms with E-state index < -0.39 is 0 Å². The Bertz CT molecular complexity index is 519. The molecule has 0 fully saturated rings. The number of benzene rings is 2. The van der Waals surface area contributed by atoms with E-state index in [1.54, 1.807) is 7.11 Å². The molecule has 2 aromatic carbocycles. The van der Waals surface area contributed by atoms with Crippen molar-refractivity contribution >= 4 is 0 Å². The predicted octanol–water partition coefficient (Wildman–Crippen LogP) is 3.56. The van der Waals surface area contributed by atoms with Gasteiger partial charge in [-0.3, -0.25) is 0 Å². The van der Waals surface area contributed by atoms with Gasteiger partial charge in [0.05, 0.1) is 6.10 Å². The van der Waals surface area contributed by atoms with Crippen molar-refractivity contribution in [3.63, 3.8) is 0 Å². The van der Waals surface area contributed by atoms with Gasteiger partial charge in [0.2, 0.25) is 0 Å². The molecular formula is C17H21NO. The minimum Gasteiger partial charge on any atom is -0.377 e. The Morgan fingerprint density at radius 2 is 1.74 bits per heavy atom. The van der Waals surface area contributed by atoms with E-state index in [1.165, 1.54) is 22.3 Å². The lowest BCUT2D eigenvalue weighted by Crippen LogP contribution is -2.03. The molecule has 0 radical (unpaired) electrons. The zero-order valence-corrected chi connectivity index (χ0v) is 11.6. The number of hydrogen-bond acceptors (Lipinski definition) is 2. The molecule has 2 heteroatoms. The highest BCUT2D eigenvalue weighted by atomic mass is 16.5. The van der Waals surface area contributed by atoms with Crippen molar-refractivity contribution in [2.45, 2.75) is 19.4 Å². The molecule has 2 rings (SSSR count). The first kappa shape index (κ1) is 13.8. The fourth-order valence-corrected chi connectivity index (χ4v) is 2.25. The normalized spacial score (nSPS) is 12.4. The van der Waals surface area contributed by atoms with Crippen molar-refractivity contribution < 1.29 is 4.74 Å². The van der Waals surface area contributed by atoms with Crippen LogP contribution in [0.3, 0.4) is 0 Å². The molecule has 0 bridgehead atoms. The van der Waals surface area contributed by atoms with Crippen molar-refractivity contribution in [2.75, 3.05) is 13.7 Å². The maximum atomic E-state index is 5.67. The summed E-state index contributed by atoms with van der Waals surface area (Å²) in [6.07, 6.45) is 1.04. The van der Waals surface area contributed by atoms with E-state index in [9.17, 15) is 0 Å². The molecule has 0 spiro atoms. The first-order chi connectivity index (χ1) is 9.26. The van der Waals surface area contributed by atoms with Crippen LogP contribution in [0.15, 0.2) is 48.5 Å². The van der Waals surface area contributed by atoms with Crippen LogP contribution in [0.1, 0.15) is 24.2 Å². The molecule has 2 nitrogen and oxygen atoms in total. The van der Waals surface area contributed by atoms with E-state index in [0.717, 1.165) is 6.42 Å². The second-order valence-electron chi connectivity index (χ2n) is 4.70. The van der Waals surface area contributed by atoms with Gasteiger partial charge in [-0.1, -0.05) is 48.5 Å². The van der Waals surface area contributed by atoms with Crippen LogP contribution < -0.4 is 5.73 Å². The summed E-state index contributed by atoms with van der Waals surface area (Å²) in [6.45, 7) is 2.73. The van der Waals surface area contributed by atoms with Gasteiger partial charge in [0.1, 0.15) is 0 Å². The third-order valence-electron chi connectivity index (χ3n) is 3.48. The van der Waals surface area contributed by atoms with Crippen LogP contribution in [0.5, 0.6) is 0 Å². The van der Waals surface area contributed by atoms with Gasteiger partial charge in [-0.05, 0) is 42.1 Å². The van der Waals surface area contributed by atoms with Crippen molar-refractivity contribution in [1.29, 1.82) is 0 Å². The molecule has 0 aliphatic rings. The van der Waals surface area contributed by atoms with E-state index >= 15 is 0 Å². The van der Waals surface area contributed by atoms with Crippen LogP contribution >= 0.6 is 0 Å². The van der Waals surface area contributed by atoms with Crippen LogP contribution in [-0.2, 0) is 11.2 Å². The van der Waals surface area contributed by atoms with Gasteiger partial charge < -0.3 is 10.5 Å². The van der Waals surface area contributed by atoms with Gasteiger partial charge in [-0.2, -0.15) is 0 Å². The Hall–Kier alpha value is -1.64. The van der Waals surface area contributed by atoms with Gasteiger partial charge in [0.25, 0.3) is 0 Å². The molecule has 0 saturated carbocycles. The SMILES string of the molecule is CO[C@H](C)c1ccc(-c2ccccc2CCN)cc1. The molecule has 0 amide bonds. The van der Waals surface area contributed by atoms with Gasteiger partial charge in [-0.15, -0.1) is 0 Å². The van der Waals surface area contributed by atoms with Crippen molar-refractivity contribution in [3.05, 3.63) is 59.7 Å². The fourth-order valence-electron chi connectivity index (χ4n) is 2.25. The quantitative estimate of drug-likeness (QED) is 0.886. The molecule has 0 heterocycles. The van der Waals surface area contributed by atoms with E-state index in [0.29, 0.717) is 6.54 Å². The van der Waals surface area contributed by atoms with E-state index in [1.807, 2.05) is 0 Å². The summed E-state index contributed by atoms with van der Waals surface area (Å²) in [5.74, 6) is 0. The highest BCUT2D eigenvalue weighted by Crippen LogP contribution is 2.26. The third-order valence-corrected chi connectivity index (χ3v) is 3.48. The van der Waals surface area contributed by atoms with Crippen LogP contribution in [0.25, 0.3) is 11.1 Å². The minimum atomic E-state index is 0.133. The standard InChI is InChI=1S/C17H21NO/c1-13(19-2)14-7-9-16(10-8-14)17-6-4-3-5-15(17)11-12-18/h3-10,13H,11-12,18H2,1-2H3/t13-/m1/s1. The Kier molecular flexibility index (Phi) is 4.72. The highest BCUT2D eigenvalue weighted by molar-refractivity contribution is 5.67. The summed E-state index contributed by atoms with van der Waals surface area (Å²) in [5, 5.41) is 0. The summed E-state index contributed by atoms with van der Waals surface area (Å²) in [4.78, 5) is 0. The second-order valence-corrected chi connectivity index (χ2v) is 4.70. The summed E-state index contributed by atoms with van der Waals surface area (Å²) in [7, 11) is 1.73. The molecule has 19 heavy (non-hydrogen) atoms. The van der Waals surface area contributed by atoms with Crippen molar-refractivity contribution in [2.24, 2.45) is 5.73 Å². The number of rotatable bonds is 5. The molecule has 0 saturated heterocycles. The molecule has 0 aliphatic carbocycles.